The molecule has 0 spiro atoms. The minimum absolute atomic E-state index is 0.0945. The van der Waals surface area contributed by atoms with Crippen LogP contribution < -0.4 is 5.32 Å². The summed E-state index contributed by atoms with van der Waals surface area (Å²) < 4.78 is 0. The van der Waals surface area contributed by atoms with Gasteiger partial charge < -0.3 is 5.32 Å². The molecule has 0 fully saturated rings. The molecule has 0 radical (unpaired) electrons. The lowest BCUT2D eigenvalue weighted by Crippen LogP contribution is -2.31. The summed E-state index contributed by atoms with van der Waals surface area (Å²) in [6.45, 7) is 2.67. The van der Waals surface area contributed by atoms with Gasteiger partial charge in [0, 0.05) is 12.7 Å². The first-order chi connectivity index (χ1) is 9.75. The minimum Gasteiger partial charge on any atom is -0.355 e. The van der Waals surface area contributed by atoms with E-state index in [-0.39, 0.29) is 11.2 Å². The second-order valence-corrected chi connectivity index (χ2v) is 6.44. The fraction of sp³-hybridized carbons (Fsp3) is 0.500. The highest BCUT2D eigenvalue weighted by Crippen LogP contribution is 2.21. The molecule has 2 rings (SSSR count). The number of pyridine rings is 1. The fourth-order valence-corrected chi connectivity index (χ4v) is 3.10. The van der Waals surface area contributed by atoms with E-state index in [1.807, 2.05) is 25.1 Å². The third-order valence-corrected chi connectivity index (χ3v) is 4.49. The third kappa shape index (κ3) is 5.00. The maximum atomic E-state index is 12.0. The Morgan fingerprint density at radius 1 is 1.45 bits per heavy atom. The SMILES string of the molecule is C[C@H](Sc1ccccn1)C(=O)NCCC1=CCCCC1. The van der Waals surface area contributed by atoms with Crippen molar-refractivity contribution < 1.29 is 4.79 Å². The highest BCUT2D eigenvalue weighted by Gasteiger charge is 2.14. The second-order valence-electron chi connectivity index (χ2n) is 5.08. The number of carbonyl (C=O) groups is 1. The third-order valence-electron chi connectivity index (χ3n) is 3.43. The van der Waals surface area contributed by atoms with Gasteiger partial charge in [0.2, 0.25) is 5.91 Å². The molecule has 1 atom stereocenters. The van der Waals surface area contributed by atoms with Crippen molar-refractivity contribution in [3.05, 3.63) is 36.0 Å². The quantitative estimate of drug-likeness (QED) is 0.643. The molecule has 1 aliphatic carbocycles. The molecule has 0 aliphatic heterocycles. The Morgan fingerprint density at radius 2 is 2.35 bits per heavy atom. The molecule has 0 saturated heterocycles. The van der Waals surface area contributed by atoms with Crippen LogP contribution in [0, 0.1) is 0 Å². The summed E-state index contributed by atoms with van der Waals surface area (Å²) in [7, 11) is 0. The number of allylic oxidation sites excluding steroid dienone is 1. The number of amides is 1. The summed E-state index contributed by atoms with van der Waals surface area (Å²) in [5.41, 5.74) is 1.50. The summed E-state index contributed by atoms with van der Waals surface area (Å²) in [6, 6.07) is 5.75. The van der Waals surface area contributed by atoms with Gasteiger partial charge in [-0.3, -0.25) is 4.79 Å². The molecule has 3 nitrogen and oxygen atoms in total. The Morgan fingerprint density at radius 3 is 3.05 bits per heavy atom. The van der Waals surface area contributed by atoms with Crippen LogP contribution in [0.3, 0.4) is 0 Å². The van der Waals surface area contributed by atoms with Gasteiger partial charge in [0.05, 0.1) is 10.3 Å². The minimum atomic E-state index is -0.106. The lowest BCUT2D eigenvalue weighted by molar-refractivity contribution is -0.120. The number of thioether (sulfide) groups is 1. The number of carbonyl (C=O) groups excluding carboxylic acids is 1. The van der Waals surface area contributed by atoms with E-state index in [2.05, 4.69) is 16.4 Å². The molecule has 0 aromatic carbocycles. The van der Waals surface area contributed by atoms with E-state index in [9.17, 15) is 4.79 Å². The standard InChI is InChI=1S/C16H22N2OS/c1-13(20-15-9-5-6-11-17-15)16(19)18-12-10-14-7-3-2-4-8-14/h5-7,9,11,13H,2-4,8,10,12H2,1H3,(H,18,19)/t13-/m0/s1. The first kappa shape index (κ1) is 15.1. The van der Waals surface area contributed by atoms with Crippen LogP contribution in [0.2, 0.25) is 0 Å². The Hall–Kier alpha value is -1.29. The van der Waals surface area contributed by atoms with Crippen molar-refractivity contribution in [2.75, 3.05) is 6.54 Å². The van der Waals surface area contributed by atoms with Crippen LogP contribution in [0.4, 0.5) is 0 Å². The van der Waals surface area contributed by atoms with E-state index in [1.165, 1.54) is 43.0 Å². The summed E-state index contributed by atoms with van der Waals surface area (Å²) in [4.78, 5) is 16.2. The summed E-state index contributed by atoms with van der Waals surface area (Å²) in [6.07, 6.45) is 10.1. The molecule has 1 heterocycles. The molecule has 1 amide bonds. The van der Waals surface area contributed by atoms with Gasteiger partial charge in [-0.2, -0.15) is 0 Å². The summed E-state index contributed by atoms with van der Waals surface area (Å²) >= 11 is 1.50. The highest BCUT2D eigenvalue weighted by molar-refractivity contribution is 8.00. The molecule has 0 unspecified atom stereocenters. The zero-order valence-electron chi connectivity index (χ0n) is 12.0. The second kappa shape index (κ2) is 8.10. The van der Waals surface area contributed by atoms with E-state index >= 15 is 0 Å². The van der Waals surface area contributed by atoms with Crippen LogP contribution in [0.5, 0.6) is 0 Å². The Kier molecular flexibility index (Phi) is 6.12. The molecular weight excluding hydrogens is 268 g/mol. The molecule has 108 valence electrons. The van der Waals surface area contributed by atoms with Gasteiger partial charge in [-0.05, 0) is 51.2 Å². The van der Waals surface area contributed by atoms with Crippen LogP contribution >= 0.6 is 11.8 Å². The molecule has 4 heteroatoms. The molecule has 1 aromatic rings. The van der Waals surface area contributed by atoms with Crippen LogP contribution in [0.25, 0.3) is 0 Å². The van der Waals surface area contributed by atoms with E-state index in [0.717, 1.165) is 18.0 Å². The highest BCUT2D eigenvalue weighted by atomic mass is 32.2. The molecule has 1 aliphatic rings. The van der Waals surface area contributed by atoms with Crippen molar-refractivity contribution in [3.8, 4) is 0 Å². The van der Waals surface area contributed by atoms with Gasteiger partial charge in [0.15, 0.2) is 0 Å². The van der Waals surface area contributed by atoms with Crippen molar-refractivity contribution in [1.82, 2.24) is 10.3 Å². The molecule has 1 aromatic heterocycles. The van der Waals surface area contributed by atoms with E-state index in [0.29, 0.717) is 0 Å². The predicted molar refractivity (Wildman–Crippen MR) is 83.7 cm³/mol. The van der Waals surface area contributed by atoms with E-state index < -0.39 is 0 Å². The van der Waals surface area contributed by atoms with Crippen molar-refractivity contribution in [3.63, 3.8) is 0 Å². The number of hydrogen-bond acceptors (Lipinski definition) is 3. The fourth-order valence-electron chi connectivity index (χ4n) is 2.27. The molecule has 20 heavy (non-hydrogen) atoms. The van der Waals surface area contributed by atoms with E-state index in [1.54, 1.807) is 6.20 Å². The molecular formula is C16H22N2OS. The number of rotatable bonds is 6. The Balaban J connectivity index is 1.70. The van der Waals surface area contributed by atoms with E-state index in [4.69, 9.17) is 0 Å². The van der Waals surface area contributed by atoms with Crippen LogP contribution in [0.1, 0.15) is 39.0 Å². The normalized spacial score (nSPS) is 16.4. The van der Waals surface area contributed by atoms with Gasteiger partial charge in [-0.15, -0.1) is 0 Å². The monoisotopic (exact) mass is 290 g/mol. The van der Waals surface area contributed by atoms with Crippen molar-refractivity contribution in [2.45, 2.75) is 49.3 Å². The average Bonchev–Trinajstić information content (AvgIpc) is 2.49. The maximum Gasteiger partial charge on any atom is 0.233 e. The lowest BCUT2D eigenvalue weighted by atomic mass is 9.97. The van der Waals surface area contributed by atoms with Gasteiger partial charge >= 0.3 is 0 Å². The number of nitrogens with zero attached hydrogens (tertiary/aromatic N) is 1. The van der Waals surface area contributed by atoms with Crippen molar-refractivity contribution in [1.29, 1.82) is 0 Å². The van der Waals surface area contributed by atoms with Gasteiger partial charge in [0.25, 0.3) is 0 Å². The maximum absolute atomic E-state index is 12.0. The predicted octanol–water partition coefficient (Wildman–Crippen LogP) is 3.57. The number of hydrogen-bond donors (Lipinski definition) is 1. The Labute approximate surface area is 125 Å². The zero-order valence-corrected chi connectivity index (χ0v) is 12.8. The molecule has 0 bridgehead atoms. The molecule has 0 saturated carbocycles. The van der Waals surface area contributed by atoms with Crippen LogP contribution in [-0.2, 0) is 4.79 Å². The lowest BCUT2D eigenvalue weighted by Gasteiger charge is -2.14. The number of aromatic nitrogens is 1. The van der Waals surface area contributed by atoms with Gasteiger partial charge in [-0.25, -0.2) is 4.98 Å². The number of nitrogens with one attached hydrogen (secondary N) is 1. The average molecular weight is 290 g/mol. The largest absolute Gasteiger partial charge is 0.355 e. The Bertz CT molecular complexity index is 459. The first-order valence-electron chi connectivity index (χ1n) is 7.29. The van der Waals surface area contributed by atoms with Crippen molar-refractivity contribution >= 4 is 17.7 Å². The zero-order chi connectivity index (χ0) is 14.2. The summed E-state index contributed by atoms with van der Waals surface area (Å²) in [5, 5.41) is 3.81. The first-order valence-corrected chi connectivity index (χ1v) is 8.17. The van der Waals surface area contributed by atoms with Gasteiger partial charge in [0.1, 0.15) is 0 Å². The van der Waals surface area contributed by atoms with Gasteiger partial charge in [-0.1, -0.05) is 29.5 Å². The van der Waals surface area contributed by atoms with Crippen LogP contribution in [0.15, 0.2) is 41.1 Å². The van der Waals surface area contributed by atoms with Crippen molar-refractivity contribution in [2.24, 2.45) is 0 Å². The topological polar surface area (TPSA) is 42.0 Å². The molecule has 1 N–H and O–H groups in total. The summed E-state index contributed by atoms with van der Waals surface area (Å²) in [5.74, 6) is 0.0945. The smallest absolute Gasteiger partial charge is 0.233 e. The van der Waals surface area contributed by atoms with Crippen LogP contribution in [-0.4, -0.2) is 22.7 Å².